The Labute approximate surface area is 108 Å². The molecule has 0 heterocycles. The lowest BCUT2D eigenvalue weighted by molar-refractivity contribution is -0.143. The van der Waals surface area contributed by atoms with Gasteiger partial charge in [-0.2, -0.15) is 0 Å². The maximum atomic E-state index is 11.4. The largest absolute Gasteiger partial charge is 0.481 e. The number of nitrogens with one attached hydrogen (secondary N) is 1. The first-order valence-corrected chi connectivity index (χ1v) is 6.70. The summed E-state index contributed by atoms with van der Waals surface area (Å²) in [5.74, 6) is -0.426. The van der Waals surface area contributed by atoms with E-state index in [1.54, 1.807) is 0 Å². The summed E-state index contributed by atoms with van der Waals surface area (Å²) in [6.45, 7) is 3.66. The lowest BCUT2D eigenvalue weighted by Crippen LogP contribution is -2.32. The number of hydrogen-bond acceptors (Lipinski definition) is 3. The van der Waals surface area contributed by atoms with Crippen LogP contribution in [-0.4, -0.2) is 36.7 Å². The van der Waals surface area contributed by atoms with E-state index in [1.807, 2.05) is 6.92 Å². The second kappa shape index (κ2) is 8.08. The molecule has 1 amide bonds. The summed E-state index contributed by atoms with van der Waals surface area (Å²) in [5, 5.41) is 11.8. The normalized spacial score (nSPS) is 23.6. The van der Waals surface area contributed by atoms with E-state index in [4.69, 9.17) is 9.84 Å². The quantitative estimate of drug-likeness (QED) is 0.676. The molecule has 1 saturated carbocycles. The maximum Gasteiger partial charge on any atom is 0.306 e. The number of aliphatic carboxylic acids is 1. The Morgan fingerprint density at radius 3 is 2.50 bits per heavy atom. The first kappa shape index (κ1) is 15.0. The zero-order valence-corrected chi connectivity index (χ0v) is 11.0. The monoisotopic (exact) mass is 257 g/mol. The molecule has 1 rings (SSSR count). The SMILES string of the molecule is CCOCCC(=O)NCC1CCC(C(=O)O)CC1. The molecule has 0 bridgehead atoms. The summed E-state index contributed by atoms with van der Waals surface area (Å²) in [6, 6.07) is 0. The van der Waals surface area contributed by atoms with E-state index in [-0.39, 0.29) is 11.8 Å². The Morgan fingerprint density at radius 1 is 1.28 bits per heavy atom. The van der Waals surface area contributed by atoms with Crippen molar-refractivity contribution in [2.75, 3.05) is 19.8 Å². The van der Waals surface area contributed by atoms with Crippen LogP contribution in [0.3, 0.4) is 0 Å². The van der Waals surface area contributed by atoms with Gasteiger partial charge in [-0.05, 0) is 38.5 Å². The molecular formula is C13H23NO4. The first-order chi connectivity index (χ1) is 8.63. The molecule has 104 valence electrons. The molecule has 0 spiro atoms. The van der Waals surface area contributed by atoms with Gasteiger partial charge in [0.25, 0.3) is 0 Å². The number of ether oxygens (including phenoxy) is 1. The average Bonchev–Trinajstić information content (AvgIpc) is 2.37. The highest BCUT2D eigenvalue weighted by molar-refractivity contribution is 5.75. The molecule has 0 unspecified atom stereocenters. The third kappa shape index (κ3) is 5.49. The standard InChI is InChI=1S/C13H23NO4/c1-2-18-8-7-12(15)14-9-10-3-5-11(6-4-10)13(16)17/h10-11H,2-9H2,1H3,(H,14,15)(H,16,17). The van der Waals surface area contributed by atoms with Crippen LogP contribution in [-0.2, 0) is 14.3 Å². The molecule has 1 aliphatic carbocycles. The van der Waals surface area contributed by atoms with Crippen molar-refractivity contribution in [3.05, 3.63) is 0 Å². The minimum atomic E-state index is -0.686. The number of carbonyl (C=O) groups excluding carboxylic acids is 1. The summed E-state index contributed by atoms with van der Waals surface area (Å²) < 4.78 is 5.11. The lowest BCUT2D eigenvalue weighted by atomic mass is 9.82. The van der Waals surface area contributed by atoms with Gasteiger partial charge >= 0.3 is 5.97 Å². The van der Waals surface area contributed by atoms with Crippen LogP contribution in [0.5, 0.6) is 0 Å². The van der Waals surface area contributed by atoms with Gasteiger partial charge in [0, 0.05) is 19.6 Å². The highest BCUT2D eigenvalue weighted by Gasteiger charge is 2.25. The second-order valence-electron chi connectivity index (χ2n) is 4.81. The van der Waals surface area contributed by atoms with Gasteiger partial charge in [-0.1, -0.05) is 0 Å². The molecule has 5 nitrogen and oxygen atoms in total. The Balaban J connectivity index is 2.10. The highest BCUT2D eigenvalue weighted by atomic mass is 16.5. The predicted octanol–water partition coefficient (Wildman–Crippen LogP) is 1.42. The summed E-state index contributed by atoms with van der Waals surface area (Å²) in [6.07, 6.45) is 3.65. The van der Waals surface area contributed by atoms with Crippen molar-refractivity contribution in [1.82, 2.24) is 5.32 Å². The second-order valence-corrected chi connectivity index (χ2v) is 4.81. The summed E-state index contributed by atoms with van der Waals surface area (Å²) in [5.41, 5.74) is 0. The fraction of sp³-hybridized carbons (Fsp3) is 0.846. The minimum absolute atomic E-state index is 0.0174. The van der Waals surface area contributed by atoms with Crippen LogP contribution in [0.25, 0.3) is 0 Å². The number of hydrogen-bond donors (Lipinski definition) is 2. The fourth-order valence-electron chi connectivity index (χ4n) is 2.27. The molecular weight excluding hydrogens is 234 g/mol. The molecule has 0 saturated heterocycles. The average molecular weight is 257 g/mol. The first-order valence-electron chi connectivity index (χ1n) is 6.70. The Kier molecular flexibility index (Phi) is 6.72. The minimum Gasteiger partial charge on any atom is -0.481 e. The molecule has 1 fully saturated rings. The molecule has 0 aliphatic heterocycles. The molecule has 2 N–H and O–H groups in total. The predicted molar refractivity (Wildman–Crippen MR) is 67.2 cm³/mol. The summed E-state index contributed by atoms with van der Waals surface area (Å²) >= 11 is 0. The van der Waals surface area contributed by atoms with Gasteiger partial charge < -0.3 is 15.2 Å². The van der Waals surface area contributed by atoms with Crippen LogP contribution < -0.4 is 5.32 Å². The van der Waals surface area contributed by atoms with Gasteiger partial charge in [0.15, 0.2) is 0 Å². The third-order valence-corrected chi connectivity index (χ3v) is 3.46. The number of carboxylic acid groups (broad SMARTS) is 1. The number of carboxylic acids is 1. The van der Waals surface area contributed by atoms with Crippen molar-refractivity contribution in [2.24, 2.45) is 11.8 Å². The number of rotatable bonds is 7. The van der Waals surface area contributed by atoms with Crippen LogP contribution in [0.4, 0.5) is 0 Å². The third-order valence-electron chi connectivity index (χ3n) is 3.46. The van der Waals surface area contributed by atoms with Crippen LogP contribution in [0.1, 0.15) is 39.0 Å². The highest BCUT2D eigenvalue weighted by Crippen LogP contribution is 2.28. The van der Waals surface area contributed by atoms with E-state index in [9.17, 15) is 9.59 Å². The summed E-state index contributed by atoms with van der Waals surface area (Å²) in [7, 11) is 0. The van der Waals surface area contributed by atoms with E-state index in [1.165, 1.54) is 0 Å². The Bertz CT molecular complexity index is 272. The van der Waals surface area contributed by atoms with E-state index in [2.05, 4.69) is 5.32 Å². The molecule has 0 atom stereocenters. The molecule has 0 aromatic rings. The van der Waals surface area contributed by atoms with Crippen LogP contribution in [0, 0.1) is 11.8 Å². The van der Waals surface area contributed by atoms with Crippen molar-refractivity contribution in [3.8, 4) is 0 Å². The van der Waals surface area contributed by atoms with Crippen molar-refractivity contribution < 1.29 is 19.4 Å². The smallest absolute Gasteiger partial charge is 0.306 e. The van der Waals surface area contributed by atoms with Gasteiger partial charge in [-0.3, -0.25) is 9.59 Å². The van der Waals surface area contributed by atoms with Gasteiger partial charge in [0.2, 0.25) is 5.91 Å². The van der Waals surface area contributed by atoms with E-state index in [0.29, 0.717) is 32.1 Å². The van der Waals surface area contributed by atoms with Gasteiger partial charge in [0.05, 0.1) is 12.5 Å². The lowest BCUT2D eigenvalue weighted by Gasteiger charge is -2.26. The maximum absolute atomic E-state index is 11.4. The molecule has 1 aliphatic rings. The van der Waals surface area contributed by atoms with Crippen molar-refractivity contribution in [2.45, 2.75) is 39.0 Å². The van der Waals surface area contributed by atoms with Crippen molar-refractivity contribution >= 4 is 11.9 Å². The van der Waals surface area contributed by atoms with Crippen LogP contribution in [0.2, 0.25) is 0 Å². The molecule has 0 aromatic carbocycles. The van der Waals surface area contributed by atoms with Crippen molar-refractivity contribution in [1.29, 1.82) is 0 Å². The van der Waals surface area contributed by atoms with Crippen LogP contribution >= 0.6 is 0 Å². The Morgan fingerprint density at radius 2 is 1.94 bits per heavy atom. The van der Waals surface area contributed by atoms with E-state index < -0.39 is 5.97 Å². The van der Waals surface area contributed by atoms with E-state index >= 15 is 0 Å². The number of carbonyl (C=O) groups is 2. The summed E-state index contributed by atoms with van der Waals surface area (Å²) in [4.78, 5) is 22.2. The Hall–Kier alpha value is -1.10. The van der Waals surface area contributed by atoms with Crippen LogP contribution in [0.15, 0.2) is 0 Å². The van der Waals surface area contributed by atoms with Crippen molar-refractivity contribution in [3.63, 3.8) is 0 Å². The number of amides is 1. The molecule has 5 heteroatoms. The van der Waals surface area contributed by atoms with Gasteiger partial charge in [-0.15, -0.1) is 0 Å². The zero-order valence-electron chi connectivity index (χ0n) is 11.0. The van der Waals surface area contributed by atoms with E-state index in [0.717, 1.165) is 25.7 Å². The van der Waals surface area contributed by atoms with Gasteiger partial charge in [-0.25, -0.2) is 0 Å². The molecule has 0 radical (unpaired) electrons. The van der Waals surface area contributed by atoms with Gasteiger partial charge in [0.1, 0.15) is 0 Å². The zero-order chi connectivity index (χ0) is 13.4. The topological polar surface area (TPSA) is 75.6 Å². The molecule has 0 aromatic heterocycles. The fourth-order valence-corrected chi connectivity index (χ4v) is 2.27. The molecule has 18 heavy (non-hydrogen) atoms.